The van der Waals surface area contributed by atoms with Crippen molar-refractivity contribution in [2.24, 2.45) is 11.8 Å². The number of hydrogen-bond donors (Lipinski definition) is 2. The fraction of sp³-hybridized carbons (Fsp3) is 1.00. The first-order chi connectivity index (χ1) is 6.66. The van der Waals surface area contributed by atoms with Gasteiger partial charge in [-0.3, -0.25) is 0 Å². The van der Waals surface area contributed by atoms with E-state index in [2.05, 4.69) is 19.2 Å². The maximum atomic E-state index is 9.55. The van der Waals surface area contributed by atoms with Crippen molar-refractivity contribution in [3.05, 3.63) is 0 Å². The van der Waals surface area contributed by atoms with Gasteiger partial charge in [-0.25, -0.2) is 0 Å². The Morgan fingerprint density at radius 3 is 2.50 bits per heavy atom. The molecule has 1 aliphatic carbocycles. The van der Waals surface area contributed by atoms with Crippen molar-refractivity contribution in [1.29, 1.82) is 0 Å². The van der Waals surface area contributed by atoms with Crippen LogP contribution in [-0.2, 0) is 4.74 Å². The monoisotopic (exact) mass is 199 g/mol. The maximum Gasteiger partial charge on any atom is 0.0948 e. The van der Waals surface area contributed by atoms with Crippen LogP contribution in [0.5, 0.6) is 0 Å². The van der Waals surface area contributed by atoms with E-state index < -0.39 is 0 Å². The Morgan fingerprint density at radius 2 is 2.00 bits per heavy atom. The quantitative estimate of drug-likeness (QED) is 0.705. The van der Waals surface area contributed by atoms with Gasteiger partial charge in [0.25, 0.3) is 0 Å². The summed E-state index contributed by atoms with van der Waals surface area (Å²) in [6.07, 6.45) is 2.23. The van der Waals surface area contributed by atoms with Crippen LogP contribution >= 0.6 is 0 Å². The molecule has 0 aromatic carbocycles. The molecule has 1 saturated carbocycles. The van der Waals surface area contributed by atoms with Gasteiger partial charge >= 0.3 is 0 Å². The van der Waals surface area contributed by atoms with Crippen LogP contribution in [0.15, 0.2) is 0 Å². The van der Waals surface area contributed by atoms with Crippen molar-refractivity contribution in [3.8, 4) is 0 Å². The fourth-order valence-corrected chi connectivity index (χ4v) is 2.35. The Kier molecular flexibility index (Phi) is 3.10. The van der Waals surface area contributed by atoms with Gasteiger partial charge in [0, 0.05) is 6.04 Å². The summed E-state index contributed by atoms with van der Waals surface area (Å²) in [6.45, 7) is 5.74. The molecule has 1 heterocycles. The molecule has 82 valence electrons. The summed E-state index contributed by atoms with van der Waals surface area (Å²) < 4.78 is 5.20. The summed E-state index contributed by atoms with van der Waals surface area (Å²) in [5, 5.41) is 13.0. The van der Waals surface area contributed by atoms with Crippen LogP contribution in [0.3, 0.4) is 0 Å². The molecule has 0 aromatic heterocycles. The predicted molar refractivity (Wildman–Crippen MR) is 55.1 cm³/mol. The fourth-order valence-electron chi connectivity index (χ4n) is 2.35. The van der Waals surface area contributed by atoms with Crippen LogP contribution in [-0.4, -0.2) is 36.5 Å². The van der Waals surface area contributed by atoms with Crippen molar-refractivity contribution in [2.75, 3.05) is 13.2 Å². The van der Waals surface area contributed by atoms with E-state index in [0.29, 0.717) is 19.3 Å². The zero-order chi connectivity index (χ0) is 10.1. The third-order valence-electron chi connectivity index (χ3n) is 3.62. The van der Waals surface area contributed by atoms with Gasteiger partial charge in [-0.05, 0) is 24.7 Å². The Morgan fingerprint density at radius 1 is 1.29 bits per heavy atom. The lowest BCUT2D eigenvalue weighted by atomic mass is 9.73. The number of ether oxygens (including phenoxy) is 1. The van der Waals surface area contributed by atoms with Crippen molar-refractivity contribution < 1.29 is 9.84 Å². The van der Waals surface area contributed by atoms with E-state index in [9.17, 15) is 5.11 Å². The standard InChI is InChI=1S/C11H21NO2/c1-7(2)8-3-9(4-8)12-10-5-14-6-11(10)13/h7-13H,3-6H2,1-2H3/t8?,9?,10-,11-/m1/s1. The van der Waals surface area contributed by atoms with E-state index in [1.54, 1.807) is 0 Å². The van der Waals surface area contributed by atoms with E-state index >= 15 is 0 Å². The van der Waals surface area contributed by atoms with E-state index in [-0.39, 0.29) is 12.1 Å². The third kappa shape index (κ3) is 2.10. The van der Waals surface area contributed by atoms with E-state index in [4.69, 9.17) is 4.74 Å². The maximum absolute atomic E-state index is 9.55. The van der Waals surface area contributed by atoms with Gasteiger partial charge in [-0.15, -0.1) is 0 Å². The number of aliphatic hydroxyl groups excluding tert-OH is 1. The van der Waals surface area contributed by atoms with Crippen molar-refractivity contribution >= 4 is 0 Å². The van der Waals surface area contributed by atoms with Crippen molar-refractivity contribution in [1.82, 2.24) is 5.32 Å². The zero-order valence-corrected chi connectivity index (χ0v) is 9.07. The van der Waals surface area contributed by atoms with Crippen molar-refractivity contribution in [2.45, 2.75) is 44.9 Å². The molecule has 1 aliphatic heterocycles. The average molecular weight is 199 g/mol. The van der Waals surface area contributed by atoms with Crippen LogP contribution < -0.4 is 5.32 Å². The molecule has 1 saturated heterocycles. The molecule has 2 aliphatic rings. The van der Waals surface area contributed by atoms with E-state index in [1.807, 2.05) is 0 Å². The molecule has 0 spiro atoms. The summed E-state index contributed by atoms with van der Waals surface area (Å²) in [6, 6.07) is 0.789. The highest BCUT2D eigenvalue weighted by molar-refractivity contribution is 4.91. The minimum Gasteiger partial charge on any atom is -0.389 e. The molecule has 2 atom stereocenters. The molecular weight excluding hydrogens is 178 g/mol. The minimum absolute atomic E-state index is 0.174. The summed E-state index contributed by atoms with van der Waals surface area (Å²) >= 11 is 0. The van der Waals surface area contributed by atoms with Crippen molar-refractivity contribution in [3.63, 3.8) is 0 Å². The first kappa shape index (κ1) is 10.4. The van der Waals surface area contributed by atoms with Gasteiger partial charge in [0.1, 0.15) is 0 Å². The van der Waals surface area contributed by atoms with Gasteiger partial charge in [0.2, 0.25) is 0 Å². The lowest BCUT2D eigenvalue weighted by molar-refractivity contribution is 0.107. The molecule has 2 fully saturated rings. The van der Waals surface area contributed by atoms with Gasteiger partial charge in [0.15, 0.2) is 0 Å². The lowest BCUT2D eigenvalue weighted by Gasteiger charge is -2.40. The largest absolute Gasteiger partial charge is 0.389 e. The van der Waals surface area contributed by atoms with Crippen LogP contribution in [0.4, 0.5) is 0 Å². The number of aliphatic hydroxyl groups is 1. The second-order valence-electron chi connectivity index (χ2n) is 5.05. The Bertz CT molecular complexity index is 190. The third-order valence-corrected chi connectivity index (χ3v) is 3.62. The van der Waals surface area contributed by atoms with Crippen LogP contribution in [0.25, 0.3) is 0 Å². The molecule has 0 amide bonds. The Labute approximate surface area is 85.8 Å². The first-order valence-corrected chi connectivity index (χ1v) is 5.68. The van der Waals surface area contributed by atoms with E-state index in [1.165, 1.54) is 12.8 Å². The first-order valence-electron chi connectivity index (χ1n) is 5.68. The van der Waals surface area contributed by atoms with E-state index in [0.717, 1.165) is 11.8 Å². The zero-order valence-electron chi connectivity index (χ0n) is 9.07. The van der Waals surface area contributed by atoms with Gasteiger partial charge in [0.05, 0.1) is 25.4 Å². The molecule has 0 unspecified atom stereocenters. The minimum atomic E-state index is -0.298. The molecule has 2 rings (SSSR count). The Balaban J connectivity index is 1.68. The number of hydrogen-bond acceptors (Lipinski definition) is 3. The topological polar surface area (TPSA) is 41.5 Å². The second kappa shape index (κ2) is 4.17. The highest BCUT2D eigenvalue weighted by Crippen LogP contribution is 2.34. The average Bonchev–Trinajstić information content (AvgIpc) is 2.42. The molecule has 3 nitrogen and oxygen atoms in total. The molecule has 0 bridgehead atoms. The summed E-state index contributed by atoms with van der Waals surface area (Å²) in [7, 11) is 0. The van der Waals surface area contributed by atoms with Gasteiger partial charge in [-0.1, -0.05) is 13.8 Å². The summed E-state index contributed by atoms with van der Waals surface area (Å²) in [5.41, 5.74) is 0. The van der Waals surface area contributed by atoms with Crippen LogP contribution in [0, 0.1) is 11.8 Å². The smallest absolute Gasteiger partial charge is 0.0948 e. The number of nitrogens with one attached hydrogen (secondary N) is 1. The van der Waals surface area contributed by atoms with Crippen LogP contribution in [0.2, 0.25) is 0 Å². The molecule has 2 N–H and O–H groups in total. The molecule has 0 aromatic rings. The second-order valence-corrected chi connectivity index (χ2v) is 5.05. The number of rotatable bonds is 3. The predicted octanol–water partition coefficient (Wildman–Crippen LogP) is 0.770. The molecule has 14 heavy (non-hydrogen) atoms. The normalized spacial score (nSPS) is 42.9. The summed E-state index contributed by atoms with van der Waals surface area (Å²) in [5.74, 6) is 1.68. The molecule has 0 radical (unpaired) electrons. The highest BCUT2D eigenvalue weighted by atomic mass is 16.5. The molecular formula is C11H21NO2. The molecule has 3 heteroatoms. The summed E-state index contributed by atoms with van der Waals surface area (Å²) in [4.78, 5) is 0. The van der Waals surface area contributed by atoms with Gasteiger partial charge in [-0.2, -0.15) is 0 Å². The SMILES string of the molecule is CC(C)C1CC(N[C@@H]2COC[C@H]2O)C1. The van der Waals surface area contributed by atoms with Gasteiger partial charge < -0.3 is 15.2 Å². The lowest BCUT2D eigenvalue weighted by Crippen LogP contribution is -2.51. The van der Waals surface area contributed by atoms with Crippen LogP contribution in [0.1, 0.15) is 26.7 Å². The highest BCUT2D eigenvalue weighted by Gasteiger charge is 2.35. The Hall–Kier alpha value is -0.120.